The molecule has 4 heteroatoms. The van der Waals surface area contributed by atoms with Gasteiger partial charge in [0.2, 0.25) is 5.91 Å². The Bertz CT molecular complexity index is 424. The fraction of sp³-hybridized carbons (Fsp3) is 0.500. The fourth-order valence-electron chi connectivity index (χ4n) is 1.50. The molecule has 0 spiro atoms. The smallest absolute Gasteiger partial charge is 0.225 e. The van der Waals surface area contributed by atoms with Crippen molar-refractivity contribution in [1.82, 2.24) is 5.32 Å². The molecule has 1 rings (SSSR count). The van der Waals surface area contributed by atoms with E-state index >= 15 is 0 Å². The van der Waals surface area contributed by atoms with Crippen LogP contribution in [0.4, 0.5) is 10.1 Å². The Balaban J connectivity index is 2.47. The summed E-state index contributed by atoms with van der Waals surface area (Å²) in [6.07, 6.45) is 0.324. The van der Waals surface area contributed by atoms with Crippen molar-refractivity contribution in [1.29, 1.82) is 0 Å². The van der Waals surface area contributed by atoms with Crippen molar-refractivity contribution in [3.63, 3.8) is 0 Å². The van der Waals surface area contributed by atoms with Gasteiger partial charge in [0.1, 0.15) is 5.82 Å². The highest BCUT2D eigenvalue weighted by Gasteiger charge is 2.11. The Hall–Kier alpha value is -1.42. The third kappa shape index (κ3) is 5.27. The van der Waals surface area contributed by atoms with Crippen LogP contribution in [0.5, 0.6) is 0 Å². The summed E-state index contributed by atoms with van der Waals surface area (Å²) in [6, 6.07) is 4.66. The Morgan fingerprint density at radius 2 is 2.00 bits per heavy atom. The molecular weight excluding hydrogens is 231 g/mol. The van der Waals surface area contributed by atoms with Gasteiger partial charge in [0, 0.05) is 18.5 Å². The van der Waals surface area contributed by atoms with E-state index in [9.17, 15) is 9.18 Å². The van der Waals surface area contributed by atoms with Gasteiger partial charge in [-0.05, 0) is 45.4 Å². The molecule has 0 saturated carbocycles. The zero-order valence-corrected chi connectivity index (χ0v) is 11.4. The first-order valence-corrected chi connectivity index (χ1v) is 6.09. The second-order valence-corrected chi connectivity index (χ2v) is 5.46. The number of halogens is 1. The van der Waals surface area contributed by atoms with Crippen molar-refractivity contribution >= 4 is 11.6 Å². The van der Waals surface area contributed by atoms with Gasteiger partial charge in [-0.2, -0.15) is 0 Å². The van der Waals surface area contributed by atoms with Crippen molar-refractivity contribution in [3.8, 4) is 0 Å². The summed E-state index contributed by atoms with van der Waals surface area (Å²) < 4.78 is 13.4. The zero-order chi connectivity index (χ0) is 13.8. The number of aryl methyl sites for hydroxylation is 1. The lowest BCUT2D eigenvalue weighted by Crippen LogP contribution is -2.37. The van der Waals surface area contributed by atoms with E-state index in [4.69, 9.17) is 0 Å². The number of rotatable bonds is 4. The van der Waals surface area contributed by atoms with Crippen LogP contribution >= 0.6 is 0 Å². The van der Waals surface area contributed by atoms with Gasteiger partial charge in [0.15, 0.2) is 0 Å². The van der Waals surface area contributed by atoms with Crippen molar-refractivity contribution in [3.05, 3.63) is 29.6 Å². The van der Waals surface area contributed by atoms with E-state index in [2.05, 4.69) is 10.6 Å². The number of carbonyl (C=O) groups is 1. The van der Waals surface area contributed by atoms with E-state index in [-0.39, 0.29) is 17.1 Å². The molecule has 0 aromatic heterocycles. The van der Waals surface area contributed by atoms with E-state index in [0.29, 0.717) is 13.0 Å². The third-order valence-corrected chi connectivity index (χ3v) is 2.40. The van der Waals surface area contributed by atoms with Crippen LogP contribution in [-0.2, 0) is 4.79 Å². The largest absolute Gasteiger partial charge is 0.324 e. The van der Waals surface area contributed by atoms with Gasteiger partial charge in [-0.1, -0.05) is 6.07 Å². The van der Waals surface area contributed by atoms with Crippen LogP contribution < -0.4 is 10.6 Å². The maximum atomic E-state index is 13.4. The molecule has 18 heavy (non-hydrogen) atoms. The molecule has 0 saturated heterocycles. The molecule has 0 aliphatic heterocycles. The van der Waals surface area contributed by atoms with E-state index in [1.807, 2.05) is 27.7 Å². The van der Waals surface area contributed by atoms with E-state index in [1.54, 1.807) is 12.1 Å². The molecule has 1 amide bonds. The zero-order valence-electron chi connectivity index (χ0n) is 11.4. The van der Waals surface area contributed by atoms with E-state index in [0.717, 1.165) is 5.56 Å². The topological polar surface area (TPSA) is 41.1 Å². The van der Waals surface area contributed by atoms with Crippen LogP contribution in [0.2, 0.25) is 0 Å². The molecule has 1 aromatic carbocycles. The summed E-state index contributed by atoms with van der Waals surface area (Å²) in [5.41, 5.74) is 1.14. The summed E-state index contributed by atoms with van der Waals surface area (Å²) in [4.78, 5) is 11.6. The summed E-state index contributed by atoms with van der Waals surface area (Å²) in [7, 11) is 0. The number of benzene rings is 1. The Morgan fingerprint density at radius 1 is 1.33 bits per heavy atom. The Morgan fingerprint density at radius 3 is 2.61 bits per heavy atom. The predicted octanol–water partition coefficient (Wildman–Crippen LogP) is 2.85. The minimum absolute atomic E-state index is 0.0190. The summed E-state index contributed by atoms with van der Waals surface area (Å²) in [6.45, 7) is 8.53. The Labute approximate surface area is 108 Å². The molecule has 0 heterocycles. The number of carbonyl (C=O) groups excluding carboxylic acids is 1. The van der Waals surface area contributed by atoms with Crippen molar-refractivity contribution in [2.24, 2.45) is 0 Å². The second kappa shape index (κ2) is 5.96. The first-order valence-electron chi connectivity index (χ1n) is 6.09. The second-order valence-electron chi connectivity index (χ2n) is 5.46. The highest BCUT2D eigenvalue weighted by Crippen LogP contribution is 2.15. The summed E-state index contributed by atoms with van der Waals surface area (Å²) >= 11 is 0. The lowest BCUT2D eigenvalue weighted by Gasteiger charge is -2.20. The molecule has 0 atom stereocenters. The first-order chi connectivity index (χ1) is 8.28. The van der Waals surface area contributed by atoms with Gasteiger partial charge in [0.25, 0.3) is 0 Å². The van der Waals surface area contributed by atoms with E-state index in [1.165, 1.54) is 6.07 Å². The van der Waals surface area contributed by atoms with Crippen LogP contribution in [0, 0.1) is 12.7 Å². The van der Waals surface area contributed by atoms with Gasteiger partial charge in [-0.25, -0.2) is 4.39 Å². The molecule has 0 aliphatic carbocycles. The van der Waals surface area contributed by atoms with Gasteiger partial charge in [-0.3, -0.25) is 4.79 Å². The van der Waals surface area contributed by atoms with Crippen molar-refractivity contribution < 1.29 is 9.18 Å². The van der Waals surface area contributed by atoms with Gasteiger partial charge >= 0.3 is 0 Å². The van der Waals surface area contributed by atoms with Crippen LogP contribution in [0.1, 0.15) is 32.8 Å². The minimum Gasteiger partial charge on any atom is -0.324 e. The summed E-state index contributed by atoms with van der Waals surface area (Å²) in [5, 5.41) is 5.79. The average Bonchev–Trinajstić information content (AvgIpc) is 2.21. The maximum Gasteiger partial charge on any atom is 0.225 e. The molecule has 0 fully saturated rings. The quantitative estimate of drug-likeness (QED) is 0.865. The molecular formula is C14H21FN2O. The number of hydrogen-bond donors (Lipinski definition) is 2. The highest BCUT2D eigenvalue weighted by atomic mass is 19.1. The lowest BCUT2D eigenvalue weighted by molar-refractivity contribution is -0.116. The standard InChI is InChI=1S/C14H21FN2O/c1-10-5-6-11(15)12(9-10)17-13(18)7-8-16-14(2,3)4/h5-6,9,16H,7-8H2,1-4H3,(H,17,18). The first kappa shape index (κ1) is 14.6. The lowest BCUT2D eigenvalue weighted by atomic mass is 10.1. The Kier molecular flexibility index (Phi) is 4.84. The van der Waals surface area contributed by atoms with Crippen molar-refractivity contribution in [2.75, 3.05) is 11.9 Å². The predicted molar refractivity (Wildman–Crippen MR) is 72.1 cm³/mol. The van der Waals surface area contributed by atoms with Crippen LogP contribution in [-0.4, -0.2) is 18.0 Å². The molecule has 0 unspecified atom stereocenters. The third-order valence-electron chi connectivity index (χ3n) is 2.40. The average molecular weight is 252 g/mol. The highest BCUT2D eigenvalue weighted by molar-refractivity contribution is 5.91. The van der Waals surface area contributed by atoms with Gasteiger partial charge in [0.05, 0.1) is 5.69 Å². The summed E-state index contributed by atoms with van der Waals surface area (Å²) in [5.74, 6) is -0.589. The number of hydrogen-bond acceptors (Lipinski definition) is 2. The van der Waals surface area contributed by atoms with E-state index < -0.39 is 5.82 Å². The normalized spacial score (nSPS) is 11.4. The number of anilines is 1. The maximum absolute atomic E-state index is 13.4. The minimum atomic E-state index is -0.405. The monoisotopic (exact) mass is 252 g/mol. The van der Waals surface area contributed by atoms with Gasteiger partial charge < -0.3 is 10.6 Å². The molecule has 0 radical (unpaired) electrons. The van der Waals surface area contributed by atoms with Crippen molar-refractivity contribution in [2.45, 2.75) is 39.7 Å². The molecule has 0 aliphatic rings. The SMILES string of the molecule is Cc1ccc(F)c(NC(=O)CCNC(C)(C)C)c1. The van der Waals surface area contributed by atoms with Crippen LogP contribution in [0.3, 0.4) is 0 Å². The molecule has 1 aromatic rings. The van der Waals surface area contributed by atoms with Crippen LogP contribution in [0.25, 0.3) is 0 Å². The number of nitrogens with one attached hydrogen (secondary N) is 2. The molecule has 2 N–H and O–H groups in total. The fourth-order valence-corrected chi connectivity index (χ4v) is 1.50. The van der Waals surface area contributed by atoms with Crippen LogP contribution in [0.15, 0.2) is 18.2 Å². The molecule has 100 valence electrons. The molecule has 3 nitrogen and oxygen atoms in total. The number of amides is 1. The van der Waals surface area contributed by atoms with Gasteiger partial charge in [-0.15, -0.1) is 0 Å². The molecule has 0 bridgehead atoms.